The molecule has 18 heavy (non-hydrogen) atoms. The highest BCUT2D eigenvalue weighted by Gasteiger charge is 2.56. The maximum Gasteiger partial charge on any atom is 0.417 e. The summed E-state index contributed by atoms with van der Waals surface area (Å²) in [7, 11) is 1.53. The van der Waals surface area contributed by atoms with E-state index in [-0.39, 0.29) is 13.2 Å². The Labute approximate surface area is 103 Å². The Bertz CT molecular complexity index is 260. The first-order valence-corrected chi connectivity index (χ1v) is 5.37. The van der Waals surface area contributed by atoms with E-state index in [9.17, 15) is 18.0 Å². The third kappa shape index (κ3) is 5.19. The summed E-state index contributed by atoms with van der Waals surface area (Å²) in [6.07, 6.45) is -4.24. The van der Waals surface area contributed by atoms with Crippen LogP contribution in [0.2, 0.25) is 0 Å². The minimum absolute atomic E-state index is 0.00264. The zero-order chi connectivity index (χ0) is 14.2. The molecule has 1 atom stereocenters. The van der Waals surface area contributed by atoms with E-state index in [4.69, 9.17) is 14.6 Å². The number of methoxy groups -OCH3 is 1. The molecule has 0 aromatic heterocycles. The van der Waals surface area contributed by atoms with Crippen molar-refractivity contribution in [1.29, 1.82) is 0 Å². The molecule has 8 heteroatoms. The first kappa shape index (κ1) is 17.1. The molecule has 0 bridgehead atoms. The Morgan fingerprint density at radius 3 is 2.33 bits per heavy atom. The summed E-state index contributed by atoms with van der Waals surface area (Å²) in [5.74, 6) is -1.96. The zero-order valence-corrected chi connectivity index (χ0v) is 10.3. The topological polar surface area (TPSA) is 67.8 Å². The summed E-state index contributed by atoms with van der Waals surface area (Å²) < 4.78 is 47.4. The molecule has 2 N–H and O–H groups in total. The van der Waals surface area contributed by atoms with Crippen molar-refractivity contribution >= 4 is 5.97 Å². The minimum atomic E-state index is -4.87. The van der Waals surface area contributed by atoms with E-state index in [0.717, 1.165) is 0 Å². The second kappa shape index (κ2) is 7.55. The first-order valence-electron chi connectivity index (χ1n) is 5.37. The van der Waals surface area contributed by atoms with Gasteiger partial charge in [0.25, 0.3) is 0 Å². The SMILES string of the molecule is COCCCOCCNC(C)(C(=O)O)C(F)(F)F. The molecule has 0 aliphatic rings. The highest BCUT2D eigenvalue weighted by atomic mass is 19.4. The molecule has 0 spiro atoms. The molecule has 1 unspecified atom stereocenters. The van der Waals surface area contributed by atoms with E-state index in [1.54, 1.807) is 0 Å². The van der Waals surface area contributed by atoms with E-state index < -0.39 is 17.7 Å². The lowest BCUT2D eigenvalue weighted by Gasteiger charge is -2.28. The molecule has 0 rings (SSSR count). The summed E-state index contributed by atoms with van der Waals surface area (Å²) in [4.78, 5) is 10.6. The van der Waals surface area contributed by atoms with E-state index in [1.807, 2.05) is 5.32 Å². The van der Waals surface area contributed by atoms with E-state index in [1.165, 1.54) is 7.11 Å². The van der Waals surface area contributed by atoms with Gasteiger partial charge in [-0.25, -0.2) is 4.79 Å². The summed E-state index contributed by atoms with van der Waals surface area (Å²) in [5.41, 5.74) is -2.96. The number of carbonyl (C=O) groups is 1. The quantitative estimate of drug-likeness (QED) is 0.614. The molecule has 0 amide bonds. The summed E-state index contributed by atoms with van der Waals surface area (Å²) >= 11 is 0. The van der Waals surface area contributed by atoms with Crippen molar-refractivity contribution in [3.8, 4) is 0 Å². The number of ether oxygens (including phenoxy) is 2. The molecule has 0 aromatic rings. The first-order chi connectivity index (χ1) is 8.25. The van der Waals surface area contributed by atoms with E-state index >= 15 is 0 Å². The minimum Gasteiger partial charge on any atom is -0.480 e. The van der Waals surface area contributed by atoms with Crippen LogP contribution in [-0.2, 0) is 14.3 Å². The average Bonchev–Trinajstić information content (AvgIpc) is 2.25. The van der Waals surface area contributed by atoms with Crippen LogP contribution in [0.25, 0.3) is 0 Å². The highest BCUT2D eigenvalue weighted by molar-refractivity contribution is 5.79. The van der Waals surface area contributed by atoms with Crippen LogP contribution in [0.4, 0.5) is 13.2 Å². The highest BCUT2D eigenvalue weighted by Crippen LogP contribution is 2.30. The number of aliphatic carboxylic acids is 1. The molecule has 5 nitrogen and oxygen atoms in total. The maximum atomic E-state index is 12.5. The van der Waals surface area contributed by atoms with Gasteiger partial charge in [-0.15, -0.1) is 0 Å². The van der Waals surface area contributed by atoms with Crippen LogP contribution in [-0.4, -0.2) is 56.3 Å². The lowest BCUT2D eigenvalue weighted by atomic mass is 10.0. The fourth-order valence-electron chi connectivity index (χ4n) is 1.08. The van der Waals surface area contributed by atoms with Crippen LogP contribution >= 0.6 is 0 Å². The number of halogens is 3. The number of carboxylic acids is 1. The summed E-state index contributed by atoms with van der Waals surface area (Å²) in [5, 5.41) is 10.5. The van der Waals surface area contributed by atoms with Crippen LogP contribution in [0.15, 0.2) is 0 Å². The number of rotatable bonds is 9. The van der Waals surface area contributed by atoms with Gasteiger partial charge in [-0.2, -0.15) is 13.2 Å². The molecular formula is C10H18F3NO4. The third-order valence-electron chi connectivity index (χ3n) is 2.36. The lowest BCUT2D eigenvalue weighted by molar-refractivity contribution is -0.206. The van der Waals surface area contributed by atoms with Crippen molar-refractivity contribution < 1.29 is 32.5 Å². The second-order valence-corrected chi connectivity index (χ2v) is 3.81. The number of carboxylic acid groups (broad SMARTS) is 1. The van der Waals surface area contributed by atoms with Crippen molar-refractivity contribution in [2.24, 2.45) is 0 Å². The Morgan fingerprint density at radius 1 is 1.28 bits per heavy atom. The predicted octanol–water partition coefficient (Wildman–Crippen LogP) is 1.03. The molecule has 0 aliphatic carbocycles. The number of hydrogen-bond donors (Lipinski definition) is 2. The van der Waals surface area contributed by atoms with Gasteiger partial charge in [-0.1, -0.05) is 0 Å². The third-order valence-corrected chi connectivity index (χ3v) is 2.36. The molecule has 108 valence electrons. The van der Waals surface area contributed by atoms with Crippen molar-refractivity contribution in [2.45, 2.75) is 25.1 Å². The Hall–Kier alpha value is -0.860. The number of nitrogens with one attached hydrogen (secondary N) is 1. The van der Waals surface area contributed by atoms with E-state index in [0.29, 0.717) is 26.6 Å². The van der Waals surface area contributed by atoms with Crippen LogP contribution in [0, 0.1) is 0 Å². The molecule has 0 saturated carbocycles. The summed E-state index contributed by atoms with van der Waals surface area (Å²) in [6.45, 7) is 1.24. The Balaban J connectivity index is 3.97. The van der Waals surface area contributed by atoms with Gasteiger partial charge in [0.2, 0.25) is 5.54 Å². The Morgan fingerprint density at radius 2 is 1.89 bits per heavy atom. The van der Waals surface area contributed by atoms with Gasteiger partial charge in [0, 0.05) is 26.9 Å². The second-order valence-electron chi connectivity index (χ2n) is 3.81. The lowest BCUT2D eigenvalue weighted by Crippen LogP contribution is -2.60. The van der Waals surface area contributed by atoms with Gasteiger partial charge in [0.05, 0.1) is 6.61 Å². The number of hydrogen-bond acceptors (Lipinski definition) is 4. The van der Waals surface area contributed by atoms with Gasteiger partial charge in [0.1, 0.15) is 0 Å². The molecular weight excluding hydrogens is 255 g/mol. The normalized spacial score (nSPS) is 15.4. The molecule has 0 saturated heterocycles. The molecule has 0 radical (unpaired) electrons. The van der Waals surface area contributed by atoms with Gasteiger partial charge < -0.3 is 14.6 Å². The standard InChI is InChI=1S/C10H18F3NO4/c1-9(8(15)16,10(11,12)13)14-4-7-18-6-3-5-17-2/h14H,3-7H2,1-2H3,(H,15,16). The van der Waals surface area contributed by atoms with Gasteiger partial charge >= 0.3 is 12.1 Å². The predicted molar refractivity (Wildman–Crippen MR) is 57.4 cm³/mol. The maximum absolute atomic E-state index is 12.5. The van der Waals surface area contributed by atoms with Crippen molar-refractivity contribution in [1.82, 2.24) is 5.32 Å². The van der Waals surface area contributed by atoms with Gasteiger partial charge in [-0.05, 0) is 13.3 Å². The van der Waals surface area contributed by atoms with Crippen LogP contribution in [0.5, 0.6) is 0 Å². The molecule has 0 fully saturated rings. The molecule has 0 heterocycles. The van der Waals surface area contributed by atoms with Crippen LogP contribution < -0.4 is 5.32 Å². The monoisotopic (exact) mass is 273 g/mol. The van der Waals surface area contributed by atoms with Crippen molar-refractivity contribution in [2.75, 3.05) is 33.5 Å². The molecule has 0 aromatic carbocycles. The zero-order valence-electron chi connectivity index (χ0n) is 10.3. The fourth-order valence-corrected chi connectivity index (χ4v) is 1.08. The van der Waals surface area contributed by atoms with E-state index in [2.05, 4.69) is 0 Å². The largest absolute Gasteiger partial charge is 0.480 e. The van der Waals surface area contributed by atoms with Crippen molar-refractivity contribution in [3.05, 3.63) is 0 Å². The average molecular weight is 273 g/mol. The Kier molecular flexibility index (Phi) is 7.19. The van der Waals surface area contributed by atoms with Gasteiger partial charge in [0.15, 0.2) is 0 Å². The van der Waals surface area contributed by atoms with Crippen LogP contribution in [0.1, 0.15) is 13.3 Å². The molecule has 0 aliphatic heterocycles. The smallest absolute Gasteiger partial charge is 0.417 e. The summed E-state index contributed by atoms with van der Waals surface area (Å²) in [6, 6.07) is 0. The number of alkyl halides is 3. The van der Waals surface area contributed by atoms with Crippen molar-refractivity contribution in [3.63, 3.8) is 0 Å². The van der Waals surface area contributed by atoms with Crippen LogP contribution in [0.3, 0.4) is 0 Å². The van der Waals surface area contributed by atoms with Gasteiger partial charge in [-0.3, -0.25) is 5.32 Å². The fraction of sp³-hybridized carbons (Fsp3) is 0.900.